The lowest BCUT2D eigenvalue weighted by molar-refractivity contribution is -0.0515. The van der Waals surface area contributed by atoms with Crippen LogP contribution in [0.1, 0.15) is 35.2 Å². The fourth-order valence-electron chi connectivity index (χ4n) is 4.20. The number of halogens is 2. The molecular weight excluding hydrogens is 442 g/mol. The minimum absolute atomic E-state index is 0.0264. The molecule has 4 rings (SSSR count). The lowest BCUT2D eigenvalue weighted by Crippen LogP contribution is -2.35. The fourth-order valence-corrected chi connectivity index (χ4v) is 5.77. The molecule has 172 valence electrons. The van der Waals surface area contributed by atoms with E-state index in [1.165, 1.54) is 40.6 Å². The molecular formula is C22H24F2N2O5S. The molecule has 0 N–H and O–H groups in total. The predicted octanol–water partition coefficient (Wildman–Crippen LogP) is 3.67. The first-order valence-electron chi connectivity index (χ1n) is 10.4. The first-order chi connectivity index (χ1) is 15.3. The van der Waals surface area contributed by atoms with Crippen LogP contribution in [0.3, 0.4) is 0 Å². The third kappa shape index (κ3) is 4.16. The van der Waals surface area contributed by atoms with Crippen molar-refractivity contribution >= 4 is 21.6 Å². The summed E-state index contributed by atoms with van der Waals surface area (Å²) in [6, 6.07) is 9.06. The van der Waals surface area contributed by atoms with Gasteiger partial charge in [0.1, 0.15) is 0 Å². The van der Waals surface area contributed by atoms with Gasteiger partial charge >= 0.3 is 6.61 Å². The summed E-state index contributed by atoms with van der Waals surface area (Å²) >= 11 is 0. The van der Waals surface area contributed by atoms with E-state index in [1.54, 1.807) is 12.1 Å². The molecule has 0 aromatic heterocycles. The van der Waals surface area contributed by atoms with E-state index < -0.39 is 22.5 Å². The van der Waals surface area contributed by atoms with Crippen molar-refractivity contribution in [2.24, 2.45) is 0 Å². The van der Waals surface area contributed by atoms with Crippen LogP contribution in [0.4, 0.5) is 14.5 Å². The maximum atomic E-state index is 13.2. The number of hydrogen-bond acceptors (Lipinski definition) is 5. The van der Waals surface area contributed by atoms with Crippen LogP contribution in [-0.2, 0) is 16.4 Å². The molecule has 0 spiro atoms. The minimum atomic E-state index is -3.59. The zero-order valence-corrected chi connectivity index (χ0v) is 18.4. The molecule has 10 heteroatoms. The van der Waals surface area contributed by atoms with E-state index in [0.717, 1.165) is 24.8 Å². The van der Waals surface area contributed by atoms with Crippen LogP contribution < -0.4 is 14.4 Å². The first kappa shape index (κ1) is 22.5. The molecule has 0 bridgehead atoms. The van der Waals surface area contributed by atoms with E-state index in [-0.39, 0.29) is 22.0 Å². The number of ether oxygens (including phenoxy) is 2. The van der Waals surface area contributed by atoms with Crippen molar-refractivity contribution in [2.45, 2.75) is 37.2 Å². The number of alkyl halides is 2. The van der Waals surface area contributed by atoms with E-state index >= 15 is 0 Å². The number of sulfonamides is 1. The maximum Gasteiger partial charge on any atom is 0.387 e. The third-order valence-corrected chi connectivity index (χ3v) is 7.68. The predicted molar refractivity (Wildman–Crippen MR) is 114 cm³/mol. The van der Waals surface area contributed by atoms with Gasteiger partial charge in [0.25, 0.3) is 5.91 Å². The highest BCUT2D eigenvalue weighted by molar-refractivity contribution is 7.89. The van der Waals surface area contributed by atoms with Gasteiger partial charge in [0, 0.05) is 25.3 Å². The van der Waals surface area contributed by atoms with Crippen LogP contribution in [0.2, 0.25) is 0 Å². The quantitative estimate of drug-likeness (QED) is 0.649. The van der Waals surface area contributed by atoms with Crippen molar-refractivity contribution in [1.29, 1.82) is 0 Å². The van der Waals surface area contributed by atoms with Crippen molar-refractivity contribution in [2.75, 3.05) is 31.6 Å². The Morgan fingerprint density at radius 1 is 1.06 bits per heavy atom. The average Bonchev–Trinajstić information content (AvgIpc) is 3.22. The average molecular weight is 467 g/mol. The van der Waals surface area contributed by atoms with Gasteiger partial charge in [0.05, 0.1) is 17.6 Å². The van der Waals surface area contributed by atoms with Crippen molar-refractivity contribution in [3.05, 3.63) is 47.5 Å². The highest BCUT2D eigenvalue weighted by Gasteiger charge is 2.32. The Morgan fingerprint density at radius 3 is 2.50 bits per heavy atom. The summed E-state index contributed by atoms with van der Waals surface area (Å²) in [6.45, 7) is -1.81. The van der Waals surface area contributed by atoms with Gasteiger partial charge in [0.15, 0.2) is 11.5 Å². The van der Waals surface area contributed by atoms with Gasteiger partial charge in [-0.2, -0.15) is 13.1 Å². The highest BCUT2D eigenvalue weighted by atomic mass is 32.2. The minimum Gasteiger partial charge on any atom is -0.493 e. The number of fused-ring (bicyclic) bond motifs is 1. The molecule has 0 saturated carbocycles. The number of benzene rings is 2. The summed E-state index contributed by atoms with van der Waals surface area (Å²) in [5.74, 6) is -0.823. The molecule has 2 heterocycles. The van der Waals surface area contributed by atoms with Crippen molar-refractivity contribution in [1.82, 2.24) is 4.31 Å². The summed E-state index contributed by atoms with van der Waals surface area (Å²) in [7, 11) is -2.29. The normalized spacial score (nSPS) is 16.8. The Bertz CT molecular complexity index is 1120. The monoisotopic (exact) mass is 466 g/mol. The second-order valence-corrected chi connectivity index (χ2v) is 9.62. The molecule has 7 nitrogen and oxygen atoms in total. The van der Waals surface area contributed by atoms with E-state index in [9.17, 15) is 22.0 Å². The van der Waals surface area contributed by atoms with Gasteiger partial charge in [-0.1, -0.05) is 12.5 Å². The summed E-state index contributed by atoms with van der Waals surface area (Å²) < 4.78 is 63.0. The highest BCUT2D eigenvalue weighted by Crippen LogP contribution is 2.37. The van der Waals surface area contributed by atoms with Crippen LogP contribution in [0, 0.1) is 0 Å². The summed E-state index contributed by atoms with van der Waals surface area (Å²) in [5.41, 5.74) is 1.22. The second-order valence-electron chi connectivity index (χ2n) is 7.68. The molecule has 0 aliphatic carbocycles. The van der Waals surface area contributed by atoms with Gasteiger partial charge in [-0.15, -0.1) is 0 Å². The van der Waals surface area contributed by atoms with Gasteiger partial charge in [-0.3, -0.25) is 4.79 Å². The van der Waals surface area contributed by atoms with Crippen LogP contribution >= 0.6 is 0 Å². The molecule has 2 aliphatic rings. The zero-order valence-electron chi connectivity index (χ0n) is 17.6. The van der Waals surface area contributed by atoms with Crippen molar-refractivity contribution < 1.29 is 31.5 Å². The number of nitrogens with zero attached hydrogens (tertiary/aromatic N) is 2. The molecule has 1 saturated heterocycles. The molecule has 0 radical (unpaired) electrons. The summed E-state index contributed by atoms with van der Waals surface area (Å²) in [4.78, 5) is 14.9. The number of hydrogen-bond donors (Lipinski definition) is 0. The van der Waals surface area contributed by atoms with Gasteiger partial charge in [-0.05, 0) is 55.2 Å². The number of methoxy groups -OCH3 is 1. The molecule has 32 heavy (non-hydrogen) atoms. The Kier molecular flexibility index (Phi) is 6.34. The molecule has 0 unspecified atom stereocenters. The smallest absolute Gasteiger partial charge is 0.387 e. The molecule has 1 amide bonds. The van der Waals surface area contributed by atoms with Crippen LogP contribution in [0.25, 0.3) is 0 Å². The molecule has 2 aromatic carbocycles. The number of anilines is 1. The molecule has 0 atom stereocenters. The van der Waals surface area contributed by atoms with Crippen LogP contribution in [-0.4, -0.2) is 52.0 Å². The number of piperidine rings is 1. The first-order valence-corrected chi connectivity index (χ1v) is 11.8. The van der Waals surface area contributed by atoms with Crippen molar-refractivity contribution in [3.8, 4) is 11.5 Å². The van der Waals surface area contributed by atoms with E-state index in [2.05, 4.69) is 4.74 Å². The number of para-hydroxylation sites is 1. The largest absolute Gasteiger partial charge is 0.493 e. The number of amides is 1. The maximum absolute atomic E-state index is 13.2. The van der Waals surface area contributed by atoms with E-state index in [1.807, 2.05) is 0 Å². The Labute approximate surface area is 185 Å². The Balaban J connectivity index is 1.64. The van der Waals surface area contributed by atoms with E-state index in [4.69, 9.17) is 4.74 Å². The Morgan fingerprint density at radius 2 is 1.81 bits per heavy atom. The third-order valence-electron chi connectivity index (χ3n) is 5.78. The standard InChI is InChI=1S/C22H24F2N2O5S/c1-30-19-7-5-6-17(20(19)31-22(23)24)21(27)26-13-10-15-14-16(8-9-18(15)26)32(28,29)25-11-3-2-4-12-25/h5-9,14,22H,2-4,10-13H2,1H3. The topological polar surface area (TPSA) is 76.2 Å². The van der Waals surface area contributed by atoms with Crippen molar-refractivity contribution in [3.63, 3.8) is 0 Å². The SMILES string of the molecule is COc1cccc(C(=O)N2CCc3cc(S(=O)(=O)N4CCCCC4)ccc32)c1OC(F)F. The molecule has 2 aliphatic heterocycles. The van der Waals surface area contributed by atoms with Crippen LogP contribution in [0.5, 0.6) is 11.5 Å². The van der Waals surface area contributed by atoms with E-state index in [0.29, 0.717) is 31.7 Å². The van der Waals surface area contributed by atoms with Gasteiger partial charge in [0.2, 0.25) is 10.0 Å². The summed E-state index contributed by atoms with van der Waals surface area (Å²) in [5, 5.41) is 0. The lowest BCUT2D eigenvalue weighted by Gasteiger charge is -2.26. The Hall–Kier alpha value is -2.72. The lowest BCUT2D eigenvalue weighted by atomic mass is 10.1. The van der Waals surface area contributed by atoms with Crippen LogP contribution in [0.15, 0.2) is 41.3 Å². The number of carbonyl (C=O) groups is 1. The number of carbonyl (C=O) groups excluding carboxylic acids is 1. The zero-order chi connectivity index (χ0) is 22.9. The fraction of sp³-hybridized carbons (Fsp3) is 0.409. The van der Waals surface area contributed by atoms with Gasteiger partial charge in [-0.25, -0.2) is 8.42 Å². The summed E-state index contributed by atoms with van der Waals surface area (Å²) in [6.07, 6.45) is 3.17. The number of rotatable bonds is 6. The van der Waals surface area contributed by atoms with Gasteiger partial charge < -0.3 is 14.4 Å². The molecule has 2 aromatic rings. The second kappa shape index (κ2) is 9.03. The molecule has 1 fully saturated rings.